The summed E-state index contributed by atoms with van der Waals surface area (Å²) in [4.78, 5) is 10.5. The van der Waals surface area contributed by atoms with E-state index in [1.807, 2.05) is 25.1 Å². The Morgan fingerprint density at radius 3 is 3.00 bits per heavy atom. The third kappa shape index (κ3) is 1.96. The second-order valence-electron chi connectivity index (χ2n) is 3.67. The van der Waals surface area contributed by atoms with Gasteiger partial charge in [0.15, 0.2) is 11.5 Å². The number of fused-ring (bicyclic) bond motifs is 1. The summed E-state index contributed by atoms with van der Waals surface area (Å²) < 4.78 is 11.1. The fourth-order valence-corrected chi connectivity index (χ4v) is 1.76. The third-order valence-electron chi connectivity index (χ3n) is 2.58. The Labute approximate surface area is 89.0 Å². The Bertz CT molecular complexity index is 360. The number of carbonyl (C=O) groups is 1. The van der Waals surface area contributed by atoms with Gasteiger partial charge < -0.3 is 14.3 Å². The van der Waals surface area contributed by atoms with Crippen LogP contribution in [0.1, 0.15) is 24.8 Å². The number of hydrogen-bond donors (Lipinski definition) is 0. The highest BCUT2D eigenvalue weighted by molar-refractivity contribution is 5.55. The van der Waals surface area contributed by atoms with Crippen LogP contribution in [0.2, 0.25) is 0 Å². The van der Waals surface area contributed by atoms with Crippen LogP contribution in [0.4, 0.5) is 0 Å². The molecule has 0 saturated heterocycles. The van der Waals surface area contributed by atoms with E-state index < -0.39 is 0 Å². The highest BCUT2D eigenvalue weighted by Gasteiger charge is 2.18. The number of benzene rings is 1. The van der Waals surface area contributed by atoms with Crippen LogP contribution in [0.15, 0.2) is 18.2 Å². The predicted octanol–water partition coefficient (Wildman–Crippen LogP) is 2.15. The molecule has 0 radical (unpaired) electrons. The van der Waals surface area contributed by atoms with Gasteiger partial charge in [-0.15, -0.1) is 0 Å². The number of para-hydroxylation sites is 1. The molecule has 0 aromatic heterocycles. The van der Waals surface area contributed by atoms with Crippen LogP contribution < -0.4 is 9.47 Å². The number of rotatable bonds is 3. The lowest BCUT2D eigenvalue weighted by atomic mass is 9.97. The molecule has 0 amide bonds. The molecule has 1 aliphatic rings. The second-order valence-corrected chi connectivity index (χ2v) is 3.67. The molecule has 1 aromatic carbocycles. The average molecular weight is 206 g/mol. The summed E-state index contributed by atoms with van der Waals surface area (Å²) in [5.74, 6) is 1.77. The van der Waals surface area contributed by atoms with Gasteiger partial charge in [-0.3, -0.25) is 0 Å². The molecule has 1 unspecified atom stereocenters. The van der Waals surface area contributed by atoms with Crippen molar-refractivity contribution < 1.29 is 14.3 Å². The maximum absolute atomic E-state index is 10.5. The van der Waals surface area contributed by atoms with E-state index in [1.54, 1.807) is 0 Å². The predicted molar refractivity (Wildman–Crippen MR) is 56.5 cm³/mol. The lowest BCUT2D eigenvalue weighted by Gasteiger charge is -2.22. The fraction of sp³-hybridized carbons (Fsp3) is 0.417. The number of ether oxygens (including phenoxy) is 2. The SMILES string of the molecule is CC(CC=O)c1cccc2c1OCCO2. The first kappa shape index (κ1) is 10.0. The van der Waals surface area contributed by atoms with Gasteiger partial charge in [0.05, 0.1) is 0 Å². The Morgan fingerprint density at radius 1 is 1.40 bits per heavy atom. The molecule has 1 aromatic rings. The molecule has 0 N–H and O–H groups in total. The molecule has 15 heavy (non-hydrogen) atoms. The maximum atomic E-state index is 10.5. The number of carbonyl (C=O) groups excluding carboxylic acids is 1. The molecule has 2 rings (SSSR count). The fourth-order valence-electron chi connectivity index (χ4n) is 1.76. The van der Waals surface area contributed by atoms with Crippen LogP contribution in [0.25, 0.3) is 0 Å². The summed E-state index contributed by atoms with van der Waals surface area (Å²) in [6.45, 7) is 3.19. The lowest BCUT2D eigenvalue weighted by molar-refractivity contribution is -0.108. The highest BCUT2D eigenvalue weighted by atomic mass is 16.6. The first-order chi connectivity index (χ1) is 7.33. The molecule has 3 heteroatoms. The Morgan fingerprint density at radius 2 is 2.20 bits per heavy atom. The van der Waals surface area contributed by atoms with E-state index in [9.17, 15) is 4.79 Å². The van der Waals surface area contributed by atoms with Crippen LogP contribution in [0, 0.1) is 0 Å². The quantitative estimate of drug-likeness (QED) is 0.711. The van der Waals surface area contributed by atoms with Crippen molar-refractivity contribution in [2.24, 2.45) is 0 Å². The van der Waals surface area contributed by atoms with Gasteiger partial charge in [0.1, 0.15) is 19.5 Å². The minimum absolute atomic E-state index is 0.180. The van der Waals surface area contributed by atoms with Gasteiger partial charge in [0.2, 0.25) is 0 Å². The van der Waals surface area contributed by atoms with Crippen LogP contribution in [0.3, 0.4) is 0 Å². The van der Waals surface area contributed by atoms with Crippen molar-refractivity contribution in [1.82, 2.24) is 0 Å². The maximum Gasteiger partial charge on any atom is 0.164 e. The zero-order chi connectivity index (χ0) is 10.7. The highest BCUT2D eigenvalue weighted by Crippen LogP contribution is 2.38. The van der Waals surface area contributed by atoms with Gasteiger partial charge in [0, 0.05) is 12.0 Å². The second kappa shape index (κ2) is 4.34. The molecule has 1 aliphatic heterocycles. The van der Waals surface area contributed by atoms with Crippen molar-refractivity contribution in [3.63, 3.8) is 0 Å². The lowest BCUT2D eigenvalue weighted by Crippen LogP contribution is -2.17. The molecule has 3 nitrogen and oxygen atoms in total. The molecule has 0 spiro atoms. The molecule has 1 heterocycles. The molecular formula is C12H14O3. The van der Waals surface area contributed by atoms with Gasteiger partial charge >= 0.3 is 0 Å². The minimum Gasteiger partial charge on any atom is -0.486 e. The Hall–Kier alpha value is -1.51. The van der Waals surface area contributed by atoms with Crippen molar-refractivity contribution in [2.45, 2.75) is 19.3 Å². The van der Waals surface area contributed by atoms with Crippen LogP contribution >= 0.6 is 0 Å². The van der Waals surface area contributed by atoms with Crippen molar-refractivity contribution in [3.8, 4) is 11.5 Å². The van der Waals surface area contributed by atoms with E-state index in [2.05, 4.69) is 0 Å². The molecule has 0 bridgehead atoms. The molecule has 80 valence electrons. The van der Waals surface area contributed by atoms with Crippen molar-refractivity contribution in [3.05, 3.63) is 23.8 Å². The average Bonchev–Trinajstić information content (AvgIpc) is 2.28. The van der Waals surface area contributed by atoms with E-state index >= 15 is 0 Å². The van der Waals surface area contributed by atoms with Gasteiger partial charge in [-0.2, -0.15) is 0 Å². The summed E-state index contributed by atoms with van der Waals surface area (Å²) >= 11 is 0. The molecular weight excluding hydrogens is 192 g/mol. The monoisotopic (exact) mass is 206 g/mol. The summed E-state index contributed by atoms with van der Waals surface area (Å²) in [6.07, 6.45) is 1.45. The van der Waals surface area contributed by atoms with Crippen LogP contribution in [-0.2, 0) is 4.79 Å². The molecule has 0 saturated carbocycles. The summed E-state index contributed by atoms with van der Waals surface area (Å²) in [5, 5.41) is 0. The topological polar surface area (TPSA) is 35.5 Å². The van der Waals surface area contributed by atoms with Crippen LogP contribution in [0.5, 0.6) is 11.5 Å². The standard InChI is InChI=1S/C12H14O3/c1-9(5-6-13)10-3-2-4-11-12(10)15-8-7-14-11/h2-4,6,9H,5,7-8H2,1H3. The molecule has 1 atom stereocenters. The van der Waals surface area contributed by atoms with E-state index in [0.29, 0.717) is 19.6 Å². The largest absolute Gasteiger partial charge is 0.486 e. The van der Waals surface area contributed by atoms with Gasteiger partial charge in [-0.25, -0.2) is 0 Å². The first-order valence-electron chi connectivity index (χ1n) is 5.15. The van der Waals surface area contributed by atoms with E-state index in [1.165, 1.54) is 0 Å². The number of hydrogen-bond acceptors (Lipinski definition) is 3. The van der Waals surface area contributed by atoms with Gasteiger partial charge in [-0.1, -0.05) is 19.1 Å². The van der Waals surface area contributed by atoms with E-state index in [4.69, 9.17) is 9.47 Å². The molecule has 0 aliphatic carbocycles. The summed E-state index contributed by atoms with van der Waals surface area (Å²) in [5.41, 5.74) is 1.05. The molecule has 0 fully saturated rings. The zero-order valence-corrected chi connectivity index (χ0v) is 8.73. The summed E-state index contributed by atoms with van der Waals surface area (Å²) in [6, 6.07) is 5.82. The normalized spacial score (nSPS) is 15.8. The Kier molecular flexibility index (Phi) is 2.90. The third-order valence-corrected chi connectivity index (χ3v) is 2.58. The number of aldehydes is 1. The Balaban J connectivity index is 2.34. The first-order valence-corrected chi connectivity index (χ1v) is 5.15. The van der Waals surface area contributed by atoms with E-state index in [0.717, 1.165) is 23.3 Å². The van der Waals surface area contributed by atoms with Crippen molar-refractivity contribution in [1.29, 1.82) is 0 Å². The van der Waals surface area contributed by atoms with Gasteiger partial charge in [0.25, 0.3) is 0 Å². The zero-order valence-electron chi connectivity index (χ0n) is 8.73. The van der Waals surface area contributed by atoms with Crippen LogP contribution in [-0.4, -0.2) is 19.5 Å². The van der Waals surface area contributed by atoms with Crippen molar-refractivity contribution in [2.75, 3.05) is 13.2 Å². The van der Waals surface area contributed by atoms with Gasteiger partial charge in [-0.05, 0) is 12.0 Å². The smallest absolute Gasteiger partial charge is 0.164 e. The summed E-state index contributed by atoms with van der Waals surface area (Å²) in [7, 11) is 0. The minimum atomic E-state index is 0.180. The van der Waals surface area contributed by atoms with E-state index in [-0.39, 0.29) is 5.92 Å². The van der Waals surface area contributed by atoms with Crippen molar-refractivity contribution >= 4 is 6.29 Å².